The molecule has 1 saturated carbocycles. The van der Waals surface area contributed by atoms with Crippen molar-refractivity contribution in [2.24, 2.45) is 0 Å². The standard InChI is InChI=1S/C19H23F2N3O2/c1-13(14-5-3-2-4-6-14)22-17-15(12-25)11-24(18(26)23-17)16-7-9-19(20,21)10-8-16/h2-6,12-13,16,22H,7-11H2,1H3,(H,23,26)/t13-/m0/s1. The Morgan fingerprint density at radius 1 is 1.27 bits per heavy atom. The Bertz CT molecular complexity index is 696. The second kappa shape index (κ2) is 7.43. The Kier molecular flexibility index (Phi) is 5.25. The molecule has 0 spiro atoms. The van der Waals surface area contributed by atoms with Crippen LogP contribution in [0.15, 0.2) is 41.7 Å². The normalized spacial score (nSPS) is 22.0. The van der Waals surface area contributed by atoms with Gasteiger partial charge in [0.25, 0.3) is 0 Å². The fraction of sp³-hybridized carbons (Fsp3) is 0.474. The number of carbonyl (C=O) groups is 2. The number of urea groups is 1. The van der Waals surface area contributed by atoms with Crippen molar-refractivity contribution >= 4 is 12.3 Å². The molecule has 2 N–H and O–H groups in total. The molecule has 1 aliphatic carbocycles. The van der Waals surface area contributed by atoms with Crippen LogP contribution in [-0.2, 0) is 4.79 Å². The lowest BCUT2D eigenvalue weighted by atomic mass is 9.91. The van der Waals surface area contributed by atoms with Gasteiger partial charge in [0.1, 0.15) is 5.82 Å². The van der Waals surface area contributed by atoms with Gasteiger partial charge in [0.15, 0.2) is 6.29 Å². The van der Waals surface area contributed by atoms with Crippen molar-refractivity contribution in [2.45, 2.75) is 50.6 Å². The molecule has 1 aromatic rings. The van der Waals surface area contributed by atoms with Crippen molar-refractivity contribution in [1.82, 2.24) is 15.5 Å². The highest BCUT2D eigenvalue weighted by Gasteiger charge is 2.39. The van der Waals surface area contributed by atoms with E-state index in [0.29, 0.717) is 17.7 Å². The van der Waals surface area contributed by atoms with E-state index in [4.69, 9.17) is 0 Å². The Morgan fingerprint density at radius 2 is 1.92 bits per heavy atom. The molecule has 1 heterocycles. The van der Waals surface area contributed by atoms with Crippen LogP contribution in [0.2, 0.25) is 0 Å². The topological polar surface area (TPSA) is 61.4 Å². The fourth-order valence-corrected chi connectivity index (χ4v) is 3.49. The molecule has 0 bridgehead atoms. The van der Waals surface area contributed by atoms with Crippen LogP contribution < -0.4 is 10.6 Å². The molecule has 1 aliphatic heterocycles. The van der Waals surface area contributed by atoms with Gasteiger partial charge in [-0.25, -0.2) is 13.6 Å². The van der Waals surface area contributed by atoms with Gasteiger partial charge in [0.05, 0.1) is 12.1 Å². The number of carbonyl (C=O) groups excluding carboxylic acids is 2. The molecule has 1 fully saturated rings. The number of alkyl halides is 2. The maximum absolute atomic E-state index is 13.4. The molecule has 2 aliphatic rings. The van der Waals surface area contributed by atoms with Crippen LogP contribution in [-0.4, -0.2) is 35.7 Å². The molecule has 5 nitrogen and oxygen atoms in total. The molecule has 2 amide bonds. The van der Waals surface area contributed by atoms with Crippen molar-refractivity contribution in [3.8, 4) is 0 Å². The van der Waals surface area contributed by atoms with Gasteiger partial charge in [-0.2, -0.15) is 0 Å². The number of halogens is 2. The van der Waals surface area contributed by atoms with Gasteiger partial charge in [0, 0.05) is 24.9 Å². The van der Waals surface area contributed by atoms with Crippen molar-refractivity contribution in [3.63, 3.8) is 0 Å². The summed E-state index contributed by atoms with van der Waals surface area (Å²) in [6, 6.07) is 8.95. The number of amides is 2. The molecular weight excluding hydrogens is 340 g/mol. The van der Waals surface area contributed by atoms with Gasteiger partial charge in [0.2, 0.25) is 5.92 Å². The van der Waals surface area contributed by atoms with Crippen molar-refractivity contribution in [1.29, 1.82) is 0 Å². The molecule has 26 heavy (non-hydrogen) atoms. The highest BCUT2D eigenvalue weighted by atomic mass is 19.3. The average molecular weight is 363 g/mol. The average Bonchev–Trinajstić information content (AvgIpc) is 2.63. The van der Waals surface area contributed by atoms with Gasteiger partial charge < -0.3 is 10.2 Å². The lowest BCUT2D eigenvalue weighted by molar-refractivity contribution is -0.105. The minimum absolute atomic E-state index is 0.0960. The Morgan fingerprint density at radius 3 is 2.54 bits per heavy atom. The number of hydrogen-bond acceptors (Lipinski definition) is 3. The lowest BCUT2D eigenvalue weighted by Gasteiger charge is -2.39. The lowest BCUT2D eigenvalue weighted by Crippen LogP contribution is -2.54. The first kappa shape index (κ1) is 18.4. The third-order valence-corrected chi connectivity index (χ3v) is 5.08. The minimum atomic E-state index is -2.65. The first-order valence-corrected chi connectivity index (χ1v) is 8.85. The van der Waals surface area contributed by atoms with Crippen LogP contribution in [0, 0.1) is 0 Å². The third-order valence-electron chi connectivity index (χ3n) is 5.08. The van der Waals surface area contributed by atoms with E-state index in [2.05, 4.69) is 10.6 Å². The zero-order chi connectivity index (χ0) is 18.7. The number of nitrogens with one attached hydrogen (secondary N) is 2. The predicted molar refractivity (Wildman–Crippen MR) is 93.5 cm³/mol. The van der Waals surface area contributed by atoms with Crippen LogP contribution in [0.25, 0.3) is 0 Å². The Balaban J connectivity index is 1.71. The molecule has 1 atom stereocenters. The molecule has 3 rings (SSSR count). The summed E-state index contributed by atoms with van der Waals surface area (Å²) in [4.78, 5) is 25.5. The summed E-state index contributed by atoms with van der Waals surface area (Å²) in [6.45, 7) is 2.07. The number of benzene rings is 1. The van der Waals surface area contributed by atoms with Gasteiger partial charge >= 0.3 is 6.03 Å². The molecule has 0 unspecified atom stereocenters. The third kappa shape index (κ3) is 4.03. The monoisotopic (exact) mass is 363 g/mol. The van der Waals surface area contributed by atoms with E-state index < -0.39 is 5.92 Å². The van der Waals surface area contributed by atoms with E-state index in [1.807, 2.05) is 37.3 Å². The number of nitrogens with zero attached hydrogens (tertiary/aromatic N) is 1. The van der Waals surface area contributed by atoms with E-state index in [-0.39, 0.29) is 50.3 Å². The Labute approximate surface area is 151 Å². The smallest absolute Gasteiger partial charge is 0.323 e. The number of aldehydes is 1. The zero-order valence-electron chi connectivity index (χ0n) is 14.7. The molecule has 7 heteroatoms. The number of rotatable bonds is 5. The van der Waals surface area contributed by atoms with E-state index in [1.165, 1.54) is 4.90 Å². The summed E-state index contributed by atoms with van der Waals surface area (Å²) in [5, 5.41) is 5.90. The minimum Gasteiger partial charge on any atom is -0.365 e. The first-order valence-electron chi connectivity index (χ1n) is 8.85. The molecule has 1 aromatic carbocycles. The second-order valence-electron chi connectivity index (χ2n) is 6.94. The summed E-state index contributed by atoms with van der Waals surface area (Å²) in [5.74, 6) is -2.26. The van der Waals surface area contributed by atoms with Crippen molar-refractivity contribution in [3.05, 3.63) is 47.3 Å². The zero-order valence-corrected chi connectivity index (χ0v) is 14.7. The van der Waals surface area contributed by atoms with E-state index >= 15 is 0 Å². The molecular formula is C19H23F2N3O2. The predicted octanol–water partition coefficient (Wildman–Crippen LogP) is 3.35. The summed E-state index contributed by atoms with van der Waals surface area (Å²) >= 11 is 0. The summed E-state index contributed by atoms with van der Waals surface area (Å²) in [5.41, 5.74) is 1.45. The van der Waals surface area contributed by atoms with Crippen LogP contribution in [0.3, 0.4) is 0 Å². The number of hydrogen-bond donors (Lipinski definition) is 2. The summed E-state index contributed by atoms with van der Waals surface area (Å²) in [7, 11) is 0. The summed E-state index contributed by atoms with van der Waals surface area (Å²) < 4.78 is 26.7. The quantitative estimate of drug-likeness (QED) is 0.789. The van der Waals surface area contributed by atoms with Gasteiger partial charge in [-0.15, -0.1) is 0 Å². The first-order chi connectivity index (χ1) is 12.4. The van der Waals surface area contributed by atoms with Crippen molar-refractivity contribution in [2.75, 3.05) is 6.54 Å². The maximum atomic E-state index is 13.4. The van der Waals surface area contributed by atoms with E-state index in [0.717, 1.165) is 5.56 Å². The molecule has 0 aromatic heterocycles. The van der Waals surface area contributed by atoms with Crippen LogP contribution >= 0.6 is 0 Å². The highest BCUT2D eigenvalue weighted by molar-refractivity contribution is 5.85. The highest BCUT2D eigenvalue weighted by Crippen LogP contribution is 2.35. The van der Waals surface area contributed by atoms with E-state index in [1.54, 1.807) is 0 Å². The van der Waals surface area contributed by atoms with Gasteiger partial charge in [-0.05, 0) is 25.3 Å². The SMILES string of the molecule is C[C@H](NC1=C(C=O)CN(C2CCC(F)(F)CC2)C(=O)N1)c1ccccc1. The van der Waals surface area contributed by atoms with Crippen LogP contribution in [0.5, 0.6) is 0 Å². The van der Waals surface area contributed by atoms with Gasteiger partial charge in [-0.3, -0.25) is 10.1 Å². The molecule has 0 radical (unpaired) electrons. The molecule has 0 saturated heterocycles. The van der Waals surface area contributed by atoms with Crippen LogP contribution in [0.1, 0.15) is 44.2 Å². The van der Waals surface area contributed by atoms with E-state index in [9.17, 15) is 18.4 Å². The van der Waals surface area contributed by atoms with Gasteiger partial charge in [-0.1, -0.05) is 30.3 Å². The fourth-order valence-electron chi connectivity index (χ4n) is 3.49. The Hall–Kier alpha value is -2.44. The largest absolute Gasteiger partial charge is 0.365 e. The van der Waals surface area contributed by atoms with Crippen molar-refractivity contribution < 1.29 is 18.4 Å². The second-order valence-corrected chi connectivity index (χ2v) is 6.94. The van der Waals surface area contributed by atoms with Crippen LogP contribution in [0.4, 0.5) is 13.6 Å². The molecule has 140 valence electrons. The maximum Gasteiger partial charge on any atom is 0.323 e. The summed E-state index contributed by atoms with van der Waals surface area (Å²) in [6.07, 6.45) is 0.755.